The number of benzene rings is 1. The van der Waals surface area contributed by atoms with Crippen molar-refractivity contribution in [2.24, 2.45) is 0 Å². The molecule has 0 saturated heterocycles. The van der Waals surface area contributed by atoms with Gasteiger partial charge in [-0.1, -0.05) is 6.07 Å². The standard InChI is InChI=1S/C19H24N2O3/c1-4-21(12-9-15-7-10-20-11-8-15)19(22)13-16-5-6-17(23-2)14-18(16)24-3/h5-8,10-11,14H,4,9,12-13H2,1-3H3. The highest BCUT2D eigenvalue weighted by Gasteiger charge is 2.15. The van der Waals surface area contributed by atoms with Crippen LogP contribution in [0.4, 0.5) is 0 Å². The van der Waals surface area contributed by atoms with Crippen molar-refractivity contribution in [3.8, 4) is 11.5 Å². The zero-order chi connectivity index (χ0) is 17.4. The van der Waals surface area contributed by atoms with Gasteiger partial charge in [0.05, 0.1) is 20.6 Å². The quantitative estimate of drug-likeness (QED) is 0.748. The van der Waals surface area contributed by atoms with Gasteiger partial charge in [0, 0.05) is 37.1 Å². The Bertz CT molecular complexity index is 659. The molecule has 24 heavy (non-hydrogen) atoms. The topological polar surface area (TPSA) is 51.7 Å². The summed E-state index contributed by atoms with van der Waals surface area (Å²) in [5, 5.41) is 0. The van der Waals surface area contributed by atoms with Crippen LogP contribution in [0.25, 0.3) is 0 Å². The molecule has 0 fully saturated rings. The van der Waals surface area contributed by atoms with E-state index in [9.17, 15) is 4.79 Å². The van der Waals surface area contributed by atoms with Crippen molar-refractivity contribution in [3.63, 3.8) is 0 Å². The lowest BCUT2D eigenvalue weighted by Crippen LogP contribution is -2.34. The van der Waals surface area contributed by atoms with Crippen LogP contribution in [0.1, 0.15) is 18.1 Å². The third-order valence-electron chi connectivity index (χ3n) is 3.99. The number of ether oxygens (including phenoxy) is 2. The summed E-state index contributed by atoms with van der Waals surface area (Å²) in [6.07, 6.45) is 4.69. The van der Waals surface area contributed by atoms with Gasteiger partial charge in [0.15, 0.2) is 0 Å². The Hall–Kier alpha value is -2.56. The molecule has 128 valence electrons. The SMILES string of the molecule is CCN(CCc1ccncc1)C(=O)Cc1ccc(OC)cc1OC. The molecule has 0 aliphatic carbocycles. The molecule has 0 radical (unpaired) electrons. The van der Waals surface area contributed by atoms with E-state index in [-0.39, 0.29) is 5.91 Å². The molecular formula is C19H24N2O3. The summed E-state index contributed by atoms with van der Waals surface area (Å²) < 4.78 is 10.6. The Morgan fingerprint density at radius 2 is 1.88 bits per heavy atom. The zero-order valence-corrected chi connectivity index (χ0v) is 14.5. The van der Waals surface area contributed by atoms with Gasteiger partial charge in [-0.2, -0.15) is 0 Å². The Labute approximate surface area is 143 Å². The largest absolute Gasteiger partial charge is 0.497 e. The minimum absolute atomic E-state index is 0.0926. The summed E-state index contributed by atoms with van der Waals surface area (Å²) in [5.74, 6) is 1.48. The van der Waals surface area contributed by atoms with Crippen molar-refractivity contribution in [2.75, 3.05) is 27.3 Å². The summed E-state index contributed by atoms with van der Waals surface area (Å²) in [6.45, 7) is 3.37. The van der Waals surface area contributed by atoms with Crippen LogP contribution in [0.5, 0.6) is 11.5 Å². The summed E-state index contributed by atoms with van der Waals surface area (Å²) >= 11 is 0. The van der Waals surface area contributed by atoms with E-state index in [0.717, 1.165) is 12.0 Å². The van der Waals surface area contributed by atoms with Crippen LogP contribution in [0.3, 0.4) is 0 Å². The molecular weight excluding hydrogens is 304 g/mol. The number of aromatic nitrogens is 1. The first-order valence-electron chi connectivity index (χ1n) is 8.05. The van der Waals surface area contributed by atoms with Gasteiger partial charge in [0.2, 0.25) is 5.91 Å². The molecule has 1 heterocycles. The Kier molecular flexibility index (Phi) is 6.61. The average molecular weight is 328 g/mol. The molecule has 0 bridgehead atoms. The molecule has 5 heteroatoms. The minimum atomic E-state index is 0.0926. The van der Waals surface area contributed by atoms with Crippen LogP contribution in [0, 0.1) is 0 Å². The van der Waals surface area contributed by atoms with Crippen molar-refractivity contribution >= 4 is 5.91 Å². The first-order chi connectivity index (χ1) is 11.7. The van der Waals surface area contributed by atoms with Gasteiger partial charge in [-0.3, -0.25) is 9.78 Å². The number of amides is 1. The van der Waals surface area contributed by atoms with Crippen molar-refractivity contribution < 1.29 is 14.3 Å². The molecule has 1 amide bonds. The average Bonchev–Trinajstić information content (AvgIpc) is 2.63. The molecule has 0 aliphatic rings. The highest BCUT2D eigenvalue weighted by atomic mass is 16.5. The molecule has 0 aliphatic heterocycles. The van der Waals surface area contributed by atoms with E-state index < -0.39 is 0 Å². The van der Waals surface area contributed by atoms with E-state index in [4.69, 9.17) is 9.47 Å². The minimum Gasteiger partial charge on any atom is -0.497 e. The number of carbonyl (C=O) groups is 1. The highest BCUT2D eigenvalue weighted by molar-refractivity contribution is 5.79. The fraction of sp³-hybridized carbons (Fsp3) is 0.368. The van der Waals surface area contributed by atoms with Crippen molar-refractivity contribution in [1.29, 1.82) is 0 Å². The van der Waals surface area contributed by atoms with E-state index in [1.54, 1.807) is 32.7 Å². The number of likely N-dealkylation sites (N-methyl/N-ethyl adjacent to an activating group) is 1. The second-order valence-electron chi connectivity index (χ2n) is 5.43. The number of hydrogen-bond acceptors (Lipinski definition) is 4. The summed E-state index contributed by atoms with van der Waals surface area (Å²) in [4.78, 5) is 18.5. The number of rotatable bonds is 8. The van der Waals surface area contributed by atoms with Crippen LogP contribution in [0.2, 0.25) is 0 Å². The molecule has 5 nitrogen and oxygen atoms in total. The third kappa shape index (κ3) is 4.72. The van der Waals surface area contributed by atoms with Crippen LogP contribution >= 0.6 is 0 Å². The monoisotopic (exact) mass is 328 g/mol. The second-order valence-corrected chi connectivity index (χ2v) is 5.43. The van der Waals surface area contributed by atoms with Gasteiger partial charge in [-0.15, -0.1) is 0 Å². The normalized spacial score (nSPS) is 10.3. The number of methoxy groups -OCH3 is 2. The molecule has 1 aromatic carbocycles. The van der Waals surface area contributed by atoms with Crippen molar-refractivity contribution in [2.45, 2.75) is 19.8 Å². The number of carbonyl (C=O) groups excluding carboxylic acids is 1. The van der Waals surface area contributed by atoms with Gasteiger partial charge in [-0.05, 0) is 37.1 Å². The van der Waals surface area contributed by atoms with E-state index in [2.05, 4.69) is 4.98 Å². The molecule has 0 spiro atoms. The van der Waals surface area contributed by atoms with Crippen LogP contribution in [-0.2, 0) is 17.6 Å². The van der Waals surface area contributed by atoms with Gasteiger partial charge >= 0.3 is 0 Å². The molecule has 0 saturated carbocycles. The molecule has 1 aromatic heterocycles. The lowest BCUT2D eigenvalue weighted by molar-refractivity contribution is -0.130. The van der Waals surface area contributed by atoms with E-state index >= 15 is 0 Å². The maximum absolute atomic E-state index is 12.6. The van der Waals surface area contributed by atoms with Crippen LogP contribution in [0.15, 0.2) is 42.7 Å². The number of pyridine rings is 1. The summed E-state index contributed by atoms with van der Waals surface area (Å²) in [5.41, 5.74) is 2.05. The van der Waals surface area contributed by atoms with Crippen LogP contribution < -0.4 is 9.47 Å². The fourth-order valence-electron chi connectivity index (χ4n) is 2.55. The van der Waals surface area contributed by atoms with E-state index in [0.29, 0.717) is 31.0 Å². The predicted molar refractivity (Wildman–Crippen MR) is 93.4 cm³/mol. The predicted octanol–water partition coefficient (Wildman–Crippen LogP) is 2.73. The lowest BCUT2D eigenvalue weighted by Gasteiger charge is -2.21. The first kappa shape index (κ1) is 17.8. The maximum atomic E-state index is 12.6. The Balaban J connectivity index is 2.01. The maximum Gasteiger partial charge on any atom is 0.227 e. The Morgan fingerprint density at radius 3 is 2.50 bits per heavy atom. The third-order valence-corrected chi connectivity index (χ3v) is 3.99. The smallest absolute Gasteiger partial charge is 0.227 e. The number of hydrogen-bond donors (Lipinski definition) is 0. The van der Waals surface area contributed by atoms with Gasteiger partial charge in [0.25, 0.3) is 0 Å². The van der Waals surface area contributed by atoms with Crippen molar-refractivity contribution in [1.82, 2.24) is 9.88 Å². The fourth-order valence-corrected chi connectivity index (χ4v) is 2.55. The molecule has 0 unspecified atom stereocenters. The summed E-state index contributed by atoms with van der Waals surface area (Å²) in [7, 11) is 3.21. The van der Waals surface area contributed by atoms with E-state index in [1.807, 2.05) is 36.1 Å². The molecule has 2 aromatic rings. The van der Waals surface area contributed by atoms with Gasteiger partial charge in [-0.25, -0.2) is 0 Å². The van der Waals surface area contributed by atoms with E-state index in [1.165, 1.54) is 5.56 Å². The zero-order valence-electron chi connectivity index (χ0n) is 14.5. The first-order valence-corrected chi connectivity index (χ1v) is 8.05. The van der Waals surface area contributed by atoms with Crippen molar-refractivity contribution in [3.05, 3.63) is 53.9 Å². The van der Waals surface area contributed by atoms with Gasteiger partial charge in [0.1, 0.15) is 11.5 Å². The highest BCUT2D eigenvalue weighted by Crippen LogP contribution is 2.25. The molecule has 2 rings (SSSR count). The Morgan fingerprint density at radius 1 is 1.12 bits per heavy atom. The second kappa shape index (κ2) is 8.91. The van der Waals surface area contributed by atoms with Gasteiger partial charge < -0.3 is 14.4 Å². The molecule has 0 N–H and O–H groups in total. The molecule has 0 atom stereocenters. The lowest BCUT2D eigenvalue weighted by atomic mass is 10.1. The van der Waals surface area contributed by atoms with Crippen LogP contribution in [-0.4, -0.2) is 43.1 Å². The summed E-state index contributed by atoms with van der Waals surface area (Å²) in [6, 6.07) is 9.48. The number of nitrogens with zero attached hydrogens (tertiary/aromatic N) is 2.